The SMILES string of the molecule is O=C1N=C2C=CC=Cc3ccnc1c32. The van der Waals surface area contributed by atoms with Gasteiger partial charge < -0.3 is 0 Å². The minimum absolute atomic E-state index is 0.239. The largest absolute Gasteiger partial charge is 0.296 e. The van der Waals surface area contributed by atoms with Crippen LogP contribution in [0.1, 0.15) is 21.6 Å². The van der Waals surface area contributed by atoms with Crippen LogP contribution in [-0.2, 0) is 0 Å². The zero-order chi connectivity index (χ0) is 9.54. The van der Waals surface area contributed by atoms with Crippen LogP contribution in [0, 0.1) is 0 Å². The van der Waals surface area contributed by atoms with E-state index in [9.17, 15) is 4.79 Å². The van der Waals surface area contributed by atoms with E-state index in [1.165, 1.54) is 0 Å². The highest BCUT2D eigenvalue weighted by molar-refractivity contribution is 6.26. The van der Waals surface area contributed by atoms with Crippen LogP contribution in [0.15, 0.2) is 35.5 Å². The number of allylic oxidation sites excluding steroid dienone is 3. The molecule has 1 aliphatic carbocycles. The summed E-state index contributed by atoms with van der Waals surface area (Å²) < 4.78 is 0. The molecular weight excluding hydrogens is 176 g/mol. The molecule has 0 bridgehead atoms. The first-order valence-electron chi connectivity index (χ1n) is 4.33. The zero-order valence-electron chi connectivity index (χ0n) is 7.27. The van der Waals surface area contributed by atoms with Crippen LogP contribution >= 0.6 is 0 Å². The topological polar surface area (TPSA) is 42.3 Å². The number of aliphatic imine (C=N–C) groups is 1. The fraction of sp³-hybridized carbons (Fsp3) is 0. The van der Waals surface area contributed by atoms with Crippen molar-refractivity contribution in [3.05, 3.63) is 47.3 Å². The highest BCUT2D eigenvalue weighted by Crippen LogP contribution is 2.24. The zero-order valence-corrected chi connectivity index (χ0v) is 7.27. The third kappa shape index (κ3) is 0.836. The molecule has 0 radical (unpaired) electrons. The Bertz CT molecular complexity index is 524. The van der Waals surface area contributed by atoms with E-state index in [0.717, 1.165) is 16.8 Å². The molecule has 1 aromatic heterocycles. The van der Waals surface area contributed by atoms with Crippen LogP contribution in [0.3, 0.4) is 0 Å². The van der Waals surface area contributed by atoms with Gasteiger partial charge in [-0.3, -0.25) is 9.78 Å². The molecule has 0 spiro atoms. The van der Waals surface area contributed by atoms with Crippen molar-refractivity contribution in [1.29, 1.82) is 0 Å². The molecule has 0 saturated carbocycles. The summed E-state index contributed by atoms with van der Waals surface area (Å²) in [6.45, 7) is 0. The van der Waals surface area contributed by atoms with Crippen molar-refractivity contribution in [2.75, 3.05) is 0 Å². The second kappa shape index (κ2) is 2.48. The minimum Gasteiger partial charge on any atom is -0.265 e. The van der Waals surface area contributed by atoms with Gasteiger partial charge in [0.25, 0.3) is 5.91 Å². The average Bonchev–Trinajstić information content (AvgIpc) is 2.41. The van der Waals surface area contributed by atoms with Gasteiger partial charge in [0.2, 0.25) is 0 Å². The normalized spacial score (nSPS) is 16.6. The van der Waals surface area contributed by atoms with Crippen LogP contribution in [0.25, 0.3) is 6.08 Å². The molecule has 2 aliphatic rings. The van der Waals surface area contributed by atoms with Crippen LogP contribution in [0.5, 0.6) is 0 Å². The molecular formula is C11H6N2O. The standard InChI is InChI=1S/C11H6N2O/c14-11-10-9-7(5-6-12-10)3-1-2-4-8(9)13-11/h1-6H. The number of carbonyl (C=O) groups excluding carboxylic acids is 1. The van der Waals surface area contributed by atoms with Gasteiger partial charge in [-0.05, 0) is 17.7 Å². The molecule has 0 N–H and O–H groups in total. The fourth-order valence-corrected chi connectivity index (χ4v) is 1.69. The Morgan fingerprint density at radius 1 is 1.14 bits per heavy atom. The minimum atomic E-state index is -0.239. The number of rotatable bonds is 0. The van der Waals surface area contributed by atoms with Gasteiger partial charge in [-0.1, -0.05) is 18.2 Å². The van der Waals surface area contributed by atoms with Gasteiger partial charge in [0.15, 0.2) is 0 Å². The van der Waals surface area contributed by atoms with Gasteiger partial charge in [-0.2, -0.15) is 0 Å². The Labute approximate surface area is 80.5 Å². The van der Waals surface area contributed by atoms with Crippen molar-refractivity contribution in [2.45, 2.75) is 0 Å². The molecule has 0 atom stereocenters. The summed E-state index contributed by atoms with van der Waals surface area (Å²) in [5.41, 5.74) is 3.05. The van der Waals surface area contributed by atoms with E-state index in [4.69, 9.17) is 0 Å². The maximum absolute atomic E-state index is 11.4. The number of nitrogens with zero attached hydrogens (tertiary/aromatic N) is 2. The van der Waals surface area contributed by atoms with Crippen molar-refractivity contribution in [1.82, 2.24) is 4.98 Å². The first-order valence-corrected chi connectivity index (χ1v) is 4.33. The molecule has 0 aromatic carbocycles. The van der Waals surface area contributed by atoms with Gasteiger partial charge in [0, 0.05) is 11.8 Å². The molecule has 1 aliphatic heterocycles. The lowest BCUT2D eigenvalue weighted by Crippen LogP contribution is -2.00. The van der Waals surface area contributed by atoms with Crippen LogP contribution in [-0.4, -0.2) is 16.6 Å². The Morgan fingerprint density at radius 3 is 2.93 bits per heavy atom. The summed E-state index contributed by atoms with van der Waals surface area (Å²) >= 11 is 0. The van der Waals surface area contributed by atoms with Crippen LogP contribution in [0.2, 0.25) is 0 Å². The first-order chi connectivity index (χ1) is 6.86. The van der Waals surface area contributed by atoms with E-state index >= 15 is 0 Å². The quantitative estimate of drug-likeness (QED) is 0.611. The Balaban J connectivity index is 2.42. The number of hydrogen-bond donors (Lipinski definition) is 0. The molecule has 0 unspecified atom stereocenters. The van der Waals surface area contributed by atoms with Crippen molar-refractivity contribution < 1.29 is 4.79 Å². The van der Waals surface area contributed by atoms with Gasteiger partial charge in [-0.15, -0.1) is 0 Å². The number of hydrogen-bond acceptors (Lipinski definition) is 2. The Morgan fingerprint density at radius 2 is 2.00 bits per heavy atom. The summed E-state index contributed by atoms with van der Waals surface area (Å²) in [6, 6.07) is 1.89. The number of pyridine rings is 1. The van der Waals surface area contributed by atoms with Crippen molar-refractivity contribution in [2.24, 2.45) is 4.99 Å². The lowest BCUT2D eigenvalue weighted by atomic mass is 10.0. The van der Waals surface area contributed by atoms with Crippen molar-refractivity contribution in [3.63, 3.8) is 0 Å². The highest BCUT2D eigenvalue weighted by Gasteiger charge is 2.25. The molecule has 3 rings (SSSR count). The molecule has 1 aromatic rings. The predicted molar refractivity (Wildman–Crippen MR) is 53.3 cm³/mol. The van der Waals surface area contributed by atoms with Crippen molar-refractivity contribution >= 4 is 17.7 Å². The van der Waals surface area contributed by atoms with Gasteiger partial charge in [0.1, 0.15) is 5.69 Å². The molecule has 14 heavy (non-hydrogen) atoms. The molecule has 1 amide bonds. The molecule has 0 saturated heterocycles. The third-order valence-electron chi connectivity index (χ3n) is 2.30. The molecule has 3 heteroatoms. The molecule has 66 valence electrons. The van der Waals surface area contributed by atoms with E-state index < -0.39 is 0 Å². The summed E-state index contributed by atoms with van der Waals surface area (Å²) in [5, 5.41) is 0. The van der Waals surface area contributed by atoms with Gasteiger partial charge in [-0.25, -0.2) is 4.99 Å². The van der Waals surface area contributed by atoms with E-state index in [1.807, 2.05) is 30.4 Å². The summed E-state index contributed by atoms with van der Waals surface area (Å²) in [6.07, 6.45) is 9.23. The van der Waals surface area contributed by atoms with Crippen LogP contribution in [0.4, 0.5) is 0 Å². The summed E-state index contributed by atoms with van der Waals surface area (Å²) in [5.74, 6) is -0.239. The predicted octanol–water partition coefficient (Wildman–Crippen LogP) is 1.61. The molecule has 2 heterocycles. The van der Waals surface area contributed by atoms with Gasteiger partial charge >= 0.3 is 0 Å². The second-order valence-electron chi connectivity index (χ2n) is 3.14. The molecule has 3 nitrogen and oxygen atoms in total. The Kier molecular flexibility index (Phi) is 1.31. The number of carbonyl (C=O) groups is 1. The monoisotopic (exact) mass is 182 g/mol. The van der Waals surface area contributed by atoms with Gasteiger partial charge in [0.05, 0.1) is 5.71 Å². The maximum atomic E-state index is 11.4. The van der Waals surface area contributed by atoms with Crippen molar-refractivity contribution in [3.8, 4) is 0 Å². The lowest BCUT2D eigenvalue weighted by Gasteiger charge is -2.00. The van der Waals surface area contributed by atoms with E-state index in [-0.39, 0.29) is 5.91 Å². The second-order valence-corrected chi connectivity index (χ2v) is 3.14. The highest BCUT2D eigenvalue weighted by atomic mass is 16.1. The number of aromatic nitrogens is 1. The van der Waals surface area contributed by atoms with E-state index in [2.05, 4.69) is 9.98 Å². The summed E-state index contributed by atoms with van der Waals surface area (Å²) in [7, 11) is 0. The average molecular weight is 182 g/mol. The Hall–Kier alpha value is -2.03. The lowest BCUT2D eigenvalue weighted by molar-refractivity contribution is 0.100. The smallest absolute Gasteiger partial charge is 0.265 e. The fourth-order valence-electron chi connectivity index (χ4n) is 1.69. The van der Waals surface area contributed by atoms with E-state index in [1.54, 1.807) is 6.20 Å². The van der Waals surface area contributed by atoms with Crippen LogP contribution < -0.4 is 0 Å². The third-order valence-corrected chi connectivity index (χ3v) is 2.30. The number of amides is 1. The van der Waals surface area contributed by atoms with E-state index in [0.29, 0.717) is 5.69 Å². The maximum Gasteiger partial charge on any atom is 0.296 e. The summed E-state index contributed by atoms with van der Waals surface area (Å²) in [4.78, 5) is 19.4. The first kappa shape index (κ1) is 7.38. The molecule has 0 fully saturated rings.